The molecule has 0 saturated heterocycles. The molecule has 0 spiro atoms. The molecule has 2 N–H and O–H groups in total. The maximum atomic E-state index is 12.6. The Labute approximate surface area is 363 Å². The first kappa shape index (κ1) is 57.0. The van der Waals surface area contributed by atoms with Crippen LogP contribution < -0.4 is 34.5 Å². The Bertz CT molecular complexity index is 1060. The summed E-state index contributed by atoms with van der Waals surface area (Å²) in [4.78, 5) is 37.1. The second-order valence-corrected chi connectivity index (χ2v) is 15.8. The zero-order valence-electron chi connectivity index (χ0n) is 35.6. The molecule has 0 radical (unpaired) electrons. The van der Waals surface area contributed by atoms with E-state index in [1.807, 2.05) is 12.2 Å². The van der Waals surface area contributed by atoms with E-state index in [-0.39, 0.29) is 49.0 Å². The standard InChI is InChI=1S/C44H79O10P.Na/c1-3-5-7-9-11-13-15-17-19-20-22-24-26-28-30-32-34-36-44(48)54-42(40-53-55(49,50)52-38-41(46)37-45)39-51-43(47)35-33-31-29-27-25-23-21-18-16-14-12-10-8-6-4-2;/h11,13,17,19,22,24,28,30,41-42,45-46H,3-10,12,14-16,18,20-21,23,25-27,29,31-40H2,1-2H3,(H,49,50);/q;+1/p-1/b13-11-,19-17-,24-22-,30-28-;/t41?,42-;/m1./s1. The van der Waals surface area contributed by atoms with Crippen molar-refractivity contribution in [2.75, 3.05) is 26.4 Å². The van der Waals surface area contributed by atoms with Crippen molar-refractivity contribution in [3.8, 4) is 0 Å². The fourth-order valence-electron chi connectivity index (χ4n) is 5.63. The van der Waals surface area contributed by atoms with Gasteiger partial charge < -0.3 is 33.6 Å². The van der Waals surface area contributed by atoms with Crippen LogP contribution in [0.1, 0.15) is 181 Å². The molecular formula is C44H78NaO10P. The van der Waals surface area contributed by atoms with Crippen molar-refractivity contribution >= 4 is 19.8 Å². The Morgan fingerprint density at radius 1 is 0.571 bits per heavy atom. The minimum atomic E-state index is -4.88. The molecule has 0 fully saturated rings. The van der Waals surface area contributed by atoms with Gasteiger partial charge in [-0.3, -0.25) is 14.2 Å². The molecule has 0 saturated carbocycles. The molecule has 320 valence electrons. The van der Waals surface area contributed by atoms with E-state index < -0.39 is 51.8 Å². The molecule has 10 nitrogen and oxygen atoms in total. The van der Waals surface area contributed by atoms with Crippen molar-refractivity contribution in [2.24, 2.45) is 0 Å². The molecule has 0 amide bonds. The number of rotatable bonds is 40. The van der Waals surface area contributed by atoms with E-state index in [9.17, 15) is 24.2 Å². The Morgan fingerprint density at radius 3 is 1.48 bits per heavy atom. The molecule has 3 atom stereocenters. The molecule has 0 aromatic rings. The van der Waals surface area contributed by atoms with Crippen LogP contribution in [0.3, 0.4) is 0 Å². The number of ether oxygens (including phenoxy) is 2. The van der Waals surface area contributed by atoms with Gasteiger partial charge in [0.15, 0.2) is 6.10 Å². The number of hydrogen-bond acceptors (Lipinski definition) is 10. The van der Waals surface area contributed by atoms with Gasteiger partial charge in [-0.25, -0.2) is 0 Å². The maximum absolute atomic E-state index is 12.6. The molecule has 0 aliphatic carbocycles. The summed E-state index contributed by atoms with van der Waals surface area (Å²) in [5.41, 5.74) is 0. The van der Waals surface area contributed by atoms with Crippen molar-refractivity contribution in [3.63, 3.8) is 0 Å². The van der Waals surface area contributed by atoms with Gasteiger partial charge in [0, 0.05) is 12.8 Å². The van der Waals surface area contributed by atoms with Crippen LogP contribution in [0.4, 0.5) is 0 Å². The fraction of sp³-hybridized carbons (Fsp3) is 0.773. The van der Waals surface area contributed by atoms with E-state index >= 15 is 0 Å². The van der Waals surface area contributed by atoms with Gasteiger partial charge in [-0.2, -0.15) is 0 Å². The predicted molar refractivity (Wildman–Crippen MR) is 221 cm³/mol. The molecule has 0 rings (SSSR count). The minimum Gasteiger partial charge on any atom is -0.756 e. The summed E-state index contributed by atoms with van der Waals surface area (Å²) in [6.07, 6.45) is 42.0. The normalized spacial score (nSPS) is 14.1. The van der Waals surface area contributed by atoms with Crippen molar-refractivity contribution in [1.29, 1.82) is 0 Å². The molecular weight excluding hydrogens is 742 g/mol. The van der Waals surface area contributed by atoms with Crippen LogP contribution in [0, 0.1) is 0 Å². The molecule has 0 heterocycles. The van der Waals surface area contributed by atoms with Gasteiger partial charge in [0.25, 0.3) is 7.82 Å². The average Bonchev–Trinajstić information content (AvgIpc) is 3.17. The van der Waals surface area contributed by atoms with Crippen LogP contribution in [0.2, 0.25) is 0 Å². The summed E-state index contributed by atoms with van der Waals surface area (Å²) in [6, 6.07) is 0. The van der Waals surface area contributed by atoms with Crippen LogP contribution in [0.5, 0.6) is 0 Å². The fourth-order valence-corrected chi connectivity index (χ4v) is 6.40. The second kappa shape index (κ2) is 43.5. The van der Waals surface area contributed by atoms with E-state index in [1.54, 1.807) is 0 Å². The van der Waals surface area contributed by atoms with Crippen molar-refractivity contribution in [1.82, 2.24) is 0 Å². The third kappa shape index (κ3) is 42.5. The quantitative estimate of drug-likeness (QED) is 0.0207. The van der Waals surface area contributed by atoms with Crippen LogP contribution >= 0.6 is 7.82 Å². The van der Waals surface area contributed by atoms with Gasteiger partial charge in [0.05, 0.1) is 19.8 Å². The Balaban J connectivity index is 0. The van der Waals surface area contributed by atoms with Gasteiger partial charge in [-0.05, 0) is 51.4 Å². The smallest absolute Gasteiger partial charge is 0.756 e. The first-order valence-corrected chi connectivity index (χ1v) is 23.0. The Hall–Kier alpha value is -1.07. The summed E-state index contributed by atoms with van der Waals surface area (Å²) < 4.78 is 32.3. The van der Waals surface area contributed by atoms with Gasteiger partial charge in [0.2, 0.25) is 0 Å². The van der Waals surface area contributed by atoms with Crippen LogP contribution in [0.15, 0.2) is 48.6 Å². The van der Waals surface area contributed by atoms with Crippen molar-refractivity contribution in [2.45, 2.75) is 193 Å². The van der Waals surface area contributed by atoms with E-state index in [1.165, 1.54) is 89.9 Å². The Morgan fingerprint density at radius 2 is 0.982 bits per heavy atom. The number of esters is 2. The molecule has 0 aromatic heterocycles. The van der Waals surface area contributed by atoms with Gasteiger partial charge in [-0.15, -0.1) is 0 Å². The minimum absolute atomic E-state index is 0. The van der Waals surface area contributed by atoms with Crippen molar-refractivity contribution in [3.05, 3.63) is 48.6 Å². The summed E-state index contributed by atoms with van der Waals surface area (Å²) in [5, 5.41) is 18.3. The SMILES string of the molecule is CCCCC/C=C\C/C=C\C/C=C\C/C=C\CCCC(=O)O[C@H](COC(=O)CCCCCCCCCCCCCCCCC)COP(=O)([O-])OCC(O)CO.[Na+]. The number of carbonyl (C=O) groups excluding carboxylic acids is 2. The summed E-state index contributed by atoms with van der Waals surface area (Å²) >= 11 is 0. The van der Waals surface area contributed by atoms with Crippen molar-refractivity contribution < 1.29 is 77.3 Å². The first-order valence-electron chi connectivity index (χ1n) is 21.6. The summed E-state index contributed by atoms with van der Waals surface area (Å²) in [5.74, 6) is -1.02. The average molecular weight is 821 g/mol. The number of phosphoric acid groups is 1. The molecule has 0 aliphatic rings. The monoisotopic (exact) mass is 821 g/mol. The molecule has 2 unspecified atom stereocenters. The first-order chi connectivity index (χ1) is 26.7. The maximum Gasteiger partial charge on any atom is 1.00 e. The number of aliphatic hydroxyl groups is 2. The Kier molecular flexibility index (Phi) is 44.3. The van der Waals surface area contributed by atoms with Crippen LogP contribution in [0.25, 0.3) is 0 Å². The molecule has 0 aliphatic heterocycles. The van der Waals surface area contributed by atoms with E-state index in [0.29, 0.717) is 19.3 Å². The molecule has 56 heavy (non-hydrogen) atoms. The van der Waals surface area contributed by atoms with E-state index in [4.69, 9.17) is 19.1 Å². The molecule has 0 aromatic carbocycles. The topological polar surface area (TPSA) is 152 Å². The van der Waals surface area contributed by atoms with Crippen LogP contribution in [-0.4, -0.2) is 60.8 Å². The zero-order valence-corrected chi connectivity index (χ0v) is 38.5. The summed E-state index contributed by atoms with van der Waals surface area (Å²) in [6.45, 7) is 2.11. The number of carbonyl (C=O) groups is 2. The van der Waals surface area contributed by atoms with E-state index in [2.05, 4.69) is 54.8 Å². The van der Waals surface area contributed by atoms with Gasteiger partial charge in [0.1, 0.15) is 12.7 Å². The van der Waals surface area contributed by atoms with Gasteiger partial charge >= 0.3 is 41.5 Å². The second-order valence-electron chi connectivity index (χ2n) is 14.4. The number of aliphatic hydroxyl groups excluding tert-OH is 2. The third-order valence-corrected chi connectivity index (χ3v) is 9.91. The number of phosphoric ester groups is 1. The largest absolute Gasteiger partial charge is 1.00 e. The predicted octanol–water partition coefficient (Wildman–Crippen LogP) is 7.71. The van der Waals surface area contributed by atoms with E-state index in [0.717, 1.165) is 44.9 Å². The third-order valence-electron chi connectivity index (χ3n) is 8.98. The number of hydrogen-bond donors (Lipinski definition) is 2. The summed E-state index contributed by atoms with van der Waals surface area (Å²) in [7, 11) is -4.88. The van der Waals surface area contributed by atoms with Crippen LogP contribution in [-0.2, 0) is 32.7 Å². The number of unbranched alkanes of at least 4 members (excludes halogenated alkanes) is 18. The zero-order chi connectivity index (χ0) is 40.5. The van der Waals surface area contributed by atoms with Gasteiger partial charge in [-0.1, -0.05) is 165 Å². The number of allylic oxidation sites excluding steroid dienone is 8. The molecule has 0 bridgehead atoms. The molecule has 12 heteroatoms.